The zero-order valence-corrected chi connectivity index (χ0v) is 23.6. The van der Waals surface area contributed by atoms with Crippen molar-refractivity contribution in [1.29, 1.82) is 0 Å². The van der Waals surface area contributed by atoms with Gasteiger partial charge in [-0.1, -0.05) is 97.1 Å². The molecule has 2 aromatic heterocycles. The molecule has 0 spiro atoms. The summed E-state index contributed by atoms with van der Waals surface area (Å²) in [5, 5.41) is 4.85. The van der Waals surface area contributed by atoms with E-state index in [-0.39, 0.29) is 0 Å². The zero-order chi connectivity index (χ0) is 27.9. The molecule has 3 heteroatoms. The Balaban J connectivity index is 1.34. The third-order valence-corrected chi connectivity index (χ3v) is 9.07. The van der Waals surface area contributed by atoms with Crippen LogP contribution in [-0.2, 0) is 0 Å². The van der Waals surface area contributed by atoms with Gasteiger partial charge in [0, 0.05) is 43.9 Å². The molecule has 0 bridgehead atoms. The molecule has 0 aliphatic heterocycles. The highest BCUT2D eigenvalue weighted by Gasteiger charge is 2.19. The molecule has 2 nitrogen and oxygen atoms in total. The van der Waals surface area contributed by atoms with Gasteiger partial charge in [0.2, 0.25) is 0 Å². The molecule has 42 heavy (non-hydrogen) atoms. The van der Waals surface area contributed by atoms with E-state index < -0.39 is 0 Å². The Hall–Kier alpha value is -5.25. The number of hydrogen-bond donors (Lipinski definition) is 0. The summed E-state index contributed by atoms with van der Waals surface area (Å²) in [5.41, 5.74) is 8.24. The van der Waals surface area contributed by atoms with Gasteiger partial charge in [-0.15, -0.1) is 11.3 Å². The zero-order valence-electron chi connectivity index (χ0n) is 22.8. The van der Waals surface area contributed by atoms with E-state index >= 15 is 0 Å². The number of benzene rings is 6. The second-order valence-electron chi connectivity index (χ2n) is 10.5. The molecule has 0 atom stereocenters. The molecular weight excluding hydrogens is 529 g/mol. The molecule has 0 saturated heterocycles. The van der Waals surface area contributed by atoms with Crippen LogP contribution in [0.25, 0.3) is 53.2 Å². The number of nitrogens with zero attached hydrogens (tertiary/aromatic N) is 2. The second-order valence-corrected chi connectivity index (χ2v) is 11.6. The maximum absolute atomic E-state index is 4.49. The summed E-state index contributed by atoms with van der Waals surface area (Å²) >= 11 is 1.82. The number of hydrogen-bond acceptors (Lipinski definition) is 3. The van der Waals surface area contributed by atoms with Gasteiger partial charge in [-0.2, -0.15) is 0 Å². The molecule has 0 unspecified atom stereocenters. The molecule has 0 radical (unpaired) electrons. The van der Waals surface area contributed by atoms with E-state index in [9.17, 15) is 0 Å². The first-order valence-electron chi connectivity index (χ1n) is 14.1. The smallest absolute Gasteiger partial charge is 0.0555 e. The largest absolute Gasteiger partial charge is 0.310 e. The second kappa shape index (κ2) is 10.3. The predicted molar refractivity (Wildman–Crippen MR) is 180 cm³/mol. The van der Waals surface area contributed by atoms with Crippen molar-refractivity contribution in [3.05, 3.63) is 158 Å². The topological polar surface area (TPSA) is 16.1 Å². The predicted octanol–water partition coefficient (Wildman–Crippen LogP) is 11.4. The Kier molecular flexibility index (Phi) is 6.02. The van der Waals surface area contributed by atoms with E-state index in [1.807, 2.05) is 23.7 Å². The molecule has 198 valence electrons. The Morgan fingerprint density at radius 3 is 1.93 bits per heavy atom. The van der Waals surface area contributed by atoms with E-state index in [0.29, 0.717) is 0 Å². The standard InChI is InChI=1S/C39H26N2S/c1-3-8-27(9-4-1)29-16-19-33(20-17-29)41(36-12-7-13-38-39(36)35-26-40-23-22-37(35)42-38)34-21-18-30-14-15-31(24-32(30)25-34)28-10-5-2-6-11-28/h1-26H. The first-order chi connectivity index (χ1) is 20.8. The van der Waals surface area contributed by atoms with E-state index in [2.05, 4.69) is 155 Å². The molecule has 2 heterocycles. The van der Waals surface area contributed by atoms with Crippen molar-refractivity contribution < 1.29 is 0 Å². The third-order valence-electron chi connectivity index (χ3n) is 7.94. The average Bonchev–Trinajstić information content (AvgIpc) is 3.45. The summed E-state index contributed by atoms with van der Waals surface area (Å²) in [6, 6.07) is 52.3. The lowest BCUT2D eigenvalue weighted by molar-refractivity contribution is 1.30. The van der Waals surface area contributed by atoms with Crippen molar-refractivity contribution >= 4 is 59.3 Å². The van der Waals surface area contributed by atoms with Gasteiger partial charge in [0.05, 0.1) is 5.69 Å². The van der Waals surface area contributed by atoms with Crippen molar-refractivity contribution in [2.45, 2.75) is 0 Å². The fourth-order valence-electron chi connectivity index (χ4n) is 5.88. The normalized spacial score (nSPS) is 11.3. The van der Waals surface area contributed by atoms with Crippen LogP contribution in [-0.4, -0.2) is 4.98 Å². The fraction of sp³-hybridized carbons (Fsp3) is 0. The fourth-order valence-corrected chi connectivity index (χ4v) is 6.98. The number of fused-ring (bicyclic) bond motifs is 4. The number of pyridine rings is 1. The Morgan fingerprint density at radius 2 is 1.14 bits per heavy atom. The Morgan fingerprint density at radius 1 is 0.476 bits per heavy atom. The Labute approximate surface area is 248 Å². The maximum atomic E-state index is 4.49. The van der Waals surface area contributed by atoms with Crippen molar-refractivity contribution in [3.63, 3.8) is 0 Å². The number of aromatic nitrogens is 1. The van der Waals surface area contributed by atoms with Crippen LogP contribution in [0.3, 0.4) is 0 Å². The summed E-state index contributed by atoms with van der Waals surface area (Å²) < 4.78 is 2.51. The number of thiophene rings is 1. The first kappa shape index (κ1) is 24.5. The lowest BCUT2D eigenvalue weighted by Gasteiger charge is -2.27. The summed E-state index contributed by atoms with van der Waals surface area (Å²) in [6.45, 7) is 0. The van der Waals surface area contributed by atoms with E-state index in [1.54, 1.807) is 0 Å². The van der Waals surface area contributed by atoms with Crippen molar-refractivity contribution in [2.24, 2.45) is 0 Å². The molecule has 0 saturated carbocycles. The van der Waals surface area contributed by atoms with Crippen molar-refractivity contribution in [3.8, 4) is 22.3 Å². The molecule has 0 aliphatic rings. The molecule has 0 amide bonds. The third kappa shape index (κ3) is 4.32. The minimum Gasteiger partial charge on any atom is -0.310 e. The minimum absolute atomic E-state index is 1.11. The molecule has 8 rings (SSSR count). The Bertz CT molecular complexity index is 2180. The van der Waals surface area contributed by atoms with Gasteiger partial charge in [0.25, 0.3) is 0 Å². The number of anilines is 3. The van der Waals surface area contributed by atoms with E-state index in [4.69, 9.17) is 0 Å². The minimum atomic E-state index is 1.11. The van der Waals surface area contributed by atoms with Crippen LogP contribution in [0.2, 0.25) is 0 Å². The first-order valence-corrected chi connectivity index (χ1v) is 14.9. The van der Waals surface area contributed by atoms with Gasteiger partial charge in [-0.25, -0.2) is 0 Å². The highest BCUT2D eigenvalue weighted by molar-refractivity contribution is 7.25. The maximum Gasteiger partial charge on any atom is 0.0555 e. The van der Waals surface area contributed by atoms with Gasteiger partial charge in [0.15, 0.2) is 0 Å². The van der Waals surface area contributed by atoms with Crippen LogP contribution in [0.15, 0.2) is 158 Å². The van der Waals surface area contributed by atoms with E-state index in [0.717, 1.165) is 17.1 Å². The van der Waals surface area contributed by atoms with Gasteiger partial charge in [0.1, 0.15) is 0 Å². The molecule has 0 N–H and O–H groups in total. The van der Waals surface area contributed by atoms with Crippen molar-refractivity contribution in [1.82, 2.24) is 4.98 Å². The SMILES string of the molecule is c1ccc(-c2ccc(N(c3ccc4ccc(-c5ccccc5)cc4c3)c3cccc4sc5ccncc5c34)cc2)cc1. The molecule has 8 aromatic rings. The lowest BCUT2D eigenvalue weighted by atomic mass is 10.00. The highest BCUT2D eigenvalue weighted by Crippen LogP contribution is 2.45. The van der Waals surface area contributed by atoms with Crippen LogP contribution in [0, 0.1) is 0 Å². The van der Waals surface area contributed by atoms with Gasteiger partial charge in [-0.05, 0) is 81.6 Å². The average molecular weight is 555 g/mol. The molecule has 0 fully saturated rings. The molecule has 6 aromatic carbocycles. The van der Waals surface area contributed by atoms with Crippen molar-refractivity contribution in [2.75, 3.05) is 4.90 Å². The van der Waals surface area contributed by atoms with Crippen LogP contribution in [0.5, 0.6) is 0 Å². The lowest BCUT2D eigenvalue weighted by Crippen LogP contribution is -2.10. The summed E-state index contributed by atoms with van der Waals surface area (Å²) in [7, 11) is 0. The van der Waals surface area contributed by atoms with Crippen LogP contribution >= 0.6 is 11.3 Å². The highest BCUT2D eigenvalue weighted by atomic mass is 32.1. The van der Waals surface area contributed by atoms with E-state index in [1.165, 1.54) is 53.2 Å². The molecular formula is C39H26N2S. The quantitative estimate of drug-likeness (QED) is 0.210. The van der Waals surface area contributed by atoms with Gasteiger partial charge < -0.3 is 4.90 Å². The monoisotopic (exact) mass is 554 g/mol. The molecule has 0 aliphatic carbocycles. The summed E-state index contributed by atoms with van der Waals surface area (Å²) in [6.07, 6.45) is 3.88. The van der Waals surface area contributed by atoms with Gasteiger partial charge in [-0.3, -0.25) is 4.98 Å². The van der Waals surface area contributed by atoms with Crippen LogP contribution < -0.4 is 4.90 Å². The van der Waals surface area contributed by atoms with Crippen LogP contribution in [0.1, 0.15) is 0 Å². The van der Waals surface area contributed by atoms with Crippen LogP contribution in [0.4, 0.5) is 17.1 Å². The number of rotatable bonds is 5. The summed E-state index contributed by atoms with van der Waals surface area (Å²) in [5.74, 6) is 0. The van der Waals surface area contributed by atoms with Gasteiger partial charge >= 0.3 is 0 Å². The summed E-state index contributed by atoms with van der Waals surface area (Å²) in [4.78, 5) is 6.89.